The van der Waals surface area contributed by atoms with Crippen LogP contribution in [-0.2, 0) is 5.00 Å². The van der Waals surface area contributed by atoms with Crippen LogP contribution in [0, 0.1) is 6.92 Å². The van der Waals surface area contributed by atoms with Crippen LogP contribution in [0.15, 0.2) is 64.6 Å². The second-order valence-corrected chi connectivity index (χ2v) is 5.19. The zero-order valence-corrected chi connectivity index (χ0v) is 12.4. The van der Waals surface area contributed by atoms with Crippen LogP contribution >= 0.6 is 11.6 Å². The van der Waals surface area contributed by atoms with Gasteiger partial charge in [0.15, 0.2) is 0 Å². The molecule has 0 aliphatic carbocycles. The van der Waals surface area contributed by atoms with Crippen molar-refractivity contribution in [2.75, 3.05) is 0 Å². The molecule has 0 aliphatic heterocycles. The van der Waals surface area contributed by atoms with Gasteiger partial charge in [-0.05, 0) is 19.1 Å². The summed E-state index contributed by atoms with van der Waals surface area (Å²) >= 11 is 5.72. The first-order valence-electron chi connectivity index (χ1n) is 6.38. The van der Waals surface area contributed by atoms with Gasteiger partial charge in [-0.3, -0.25) is 0 Å². The van der Waals surface area contributed by atoms with Gasteiger partial charge >= 0.3 is 6.18 Å². The summed E-state index contributed by atoms with van der Waals surface area (Å²) in [7, 11) is 0. The molecule has 1 unspecified atom stereocenters. The van der Waals surface area contributed by atoms with Crippen molar-refractivity contribution in [2.24, 2.45) is 9.98 Å². The molecule has 0 fully saturated rings. The number of hydrogen-bond donors (Lipinski definition) is 0. The maximum absolute atomic E-state index is 13.3. The van der Waals surface area contributed by atoms with Gasteiger partial charge in [0.1, 0.15) is 0 Å². The standard InChI is InChI=1S/C16H12ClF3N2/c1-12-7-9-14(10-8-12)21-11-22-15(17,16(18,19)20)13-5-3-2-4-6-13/h2-10H,1H3. The summed E-state index contributed by atoms with van der Waals surface area (Å²) in [4.78, 5) is 4.21. The number of aryl methyl sites for hydroxylation is 1. The van der Waals surface area contributed by atoms with Gasteiger partial charge in [0.2, 0.25) is 0 Å². The first-order valence-corrected chi connectivity index (χ1v) is 6.76. The van der Waals surface area contributed by atoms with Gasteiger partial charge in [-0.25, -0.2) is 0 Å². The fourth-order valence-electron chi connectivity index (χ4n) is 1.72. The van der Waals surface area contributed by atoms with E-state index in [0.29, 0.717) is 5.69 Å². The molecule has 0 radical (unpaired) electrons. The fourth-order valence-corrected chi connectivity index (χ4v) is 1.89. The van der Waals surface area contributed by atoms with Crippen molar-refractivity contribution in [1.82, 2.24) is 0 Å². The van der Waals surface area contributed by atoms with Crippen LogP contribution in [0.25, 0.3) is 0 Å². The molecule has 114 valence electrons. The second-order valence-electron chi connectivity index (χ2n) is 4.65. The van der Waals surface area contributed by atoms with E-state index in [1.165, 1.54) is 24.3 Å². The van der Waals surface area contributed by atoms with Crippen LogP contribution in [0.1, 0.15) is 11.1 Å². The number of aliphatic imine (C=N–C) groups is 2. The number of nitrogens with zero attached hydrogens (tertiary/aromatic N) is 2. The largest absolute Gasteiger partial charge is 0.432 e. The minimum absolute atomic E-state index is 0.184. The van der Waals surface area contributed by atoms with E-state index in [9.17, 15) is 13.2 Å². The minimum Gasteiger partial charge on any atom is -0.188 e. The molecule has 0 aromatic heterocycles. The van der Waals surface area contributed by atoms with E-state index in [0.717, 1.165) is 5.56 Å². The third-order valence-electron chi connectivity index (χ3n) is 2.95. The van der Waals surface area contributed by atoms with Gasteiger partial charge in [-0.2, -0.15) is 23.2 Å². The van der Waals surface area contributed by atoms with Gasteiger partial charge in [0.05, 0.1) is 11.7 Å². The Hall–Kier alpha value is -2.10. The quantitative estimate of drug-likeness (QED) is 0.407. The van der Waals surface area contributed by atoms with Gasteiger partial charge in [-0.15, -0.1) is 0 Å². The van der Waals surface area contributed by atoms with E-state index < -0.39 is 11.2 Å². The first-order chi connectivity index (χ1) is 10.3. The van der Waals surface area contributed by atoms with Crippen molar-refractivity contribution in [2.45, 2.75) is 18.1 Å². The molecule has 0 bridgehead atoms. The molecular formula is C16H12ClF3N2. The van der Waals surface area contributed by atoms with Crippen molar-refractivity contribution < 1.29 is 13.2 Å². The monoisotopic (exact) mass is 324 g/mol. The van der Waals surface area contributed by atoms with Crippen molar-refractivity contribution >= 4 is 23.3 Å². The highest BCUT2D eigenvalue weighted by molar-refractivity contribution is 6.24. The Morgan fingerprint density at radius 3 is 2.09 bits per heavy atom. The average molecular weight is 325 g/mol. The average Bonchev–Trinajstić information content (AvgIpc) is 2.49. The van der Waals surface area contributed by atoms with Crippen molar-refractivity contribution in [3.8, 4) is 0 Å². The van der Waals surface area contributed by atoms with Gasteiger partial charge in [0, 0.05) is 5.56 Å². The van der Waals surface area contributed by atoms with Crippen LogP contribution in [0.4, 0.5) is 18.9 Å². The lowest BCUT2D eigenvalue weighted by atomic mass is 10.1. The molecule has 2 rings (SSSR count). The molecule has 0 spiro atoms. The maximum Gasteiger partial charge on any atom is 0.432 e. The molecule has 2 aromatic rings. The third-order valence-corrected chi connectivity index (χ3v) is 3.47. The fraction of sp³-hybridized carbons (Fsp3) is 0.188. The lowest BCUT2D eigenvalue weighted by molar-refractivity contribution is -0.162. The Kier molecular flexibility index (Phi) is 4.69. The van der Waals surface area contributed by atoms with E-state index in [1.807, 2.05) is 6.92 Å². The van der Waals surface area contributed by atoms with Crippen molar-refractivity contribution in [3.05, 3.63) is 65.7 Å². The lowest BCUT2D eigenvalue weighted by Gasteiger charge is -2.24. The highest BCUT2D eigenvalue weighted by atomic mass is 35.5. The molecule has 22 heavy (non-hydrogen) atoms. The third kappa shape index (κ3) is 3.56. The highest BCUT2D eigenvalue weighted by Crippen LogP contribution is 2.45. The normalized spacial score (nSPS) is 13.9. The van der Waals surface area contributed by atoms with Crippen LogP contribution in [-0.4, -0.2) is 12.2 Å². The molecule has 2 nitrogen and oxygen atoms in total. The first kappa shape index (κ1) is 16.3. The predicted molar refractivity (Wildman–Crippen MR) is 80.7 cm³/mol. The van der Waals surface area contributed by atoms with E-state index in [1.54, 1.807) is 30.3 Å². The van der Waals surface area contributed by atoms with Crippen LogP contribution < -0.4 is 0 Å². The van der Waals surface area contributed by atoms with Crippen molar-refractivity contribution in [1.29, 1.82) is 0 Å². The topological polar surface area (TPSA) is 24.7 Å². The minimum atomic E-state index is -4.77. The van der Waals surface area contributed by atoms with Crippen LogP contribution in [0.3, 0.4) is 0 Å². The lowest BCUT2D eigenvalue weighted by Crippen LogP contribution is -2.35. The molecule has 0 heterocycles. The second kappa shape index (κ2) is 6.34. The summed E-state index contributed by atoms with van der Waals surface area (Å²) in [5.41, 5.74) is 1.28. The van der Waals surface area contributed by atoms with Crippen molar-refractivity contribution in [3.63, 3.8) is 0 Å². The summed E-state index contributed by atoms with van der Waals surface area (Å²) in [6.45, 7) is 1.89. The van der Waals surface area contributed by atoms with Gasteiger partial charge < -0.3 is 0 Å². The summed E-state index contributed by atoms with van der Waals surface area (Å²) in [6, 6.07) is 16.0. The Balaban J connectivity index is 2.39. The van der Waals surface area contributed by atoms with E-state index in [2.05, 4.69) is 16.0 Å². The molecule has 0 amide bonds. The predicted octanol–water partition coefficient (Wildman–Crippen LogP) is 5.45. The number of hydrogen-bond acceptors (Lipinski definition) is 2. The number of alkyl halides is 4. The summed E-state index contributed by atoms with van der Waals surface area (Å²) < 4.78 is 39.8. The molecule has 0 saturated carbocycles. The summed E-state index contributed by atoms with van der Waals surface area (Å²) in [5.74, 6) is 0. The summed E-state index contributed by atoms with van der Waals surface area (Å²) in [6.07, 6.45) is -4.77. The number of benzene rings is 2. The van der Waals surface area contributed by atoms with Crippen LogP contribution in [0.2, 0.25) is 0 Å². The highest BCUT2D eigenvalue weighted by Gasteiger charge is 2.55. The van der Waals surface area contributed by atoms with E-state index in [-0.39, 0.29) is 5.56 Å². The summed E-state index contributed by atoms with van der Waals surface area (Å²) in [5, 5.41) is 0. The van der Waals surface area contributed by atoms with Gasteiger partial charge in [-0.1, -0.05) is 59.6 Å². The zero-order valence-electron chi connectivity index (χ0n) is 11.6. The van der Waals surface area contributed by atoms with E-state index >= 15 is 0 Å². The van der Waals surface area contributed by atoms with E-state index in [4.69, 9.17) is 11.6 Å². The van der Waals surface area contributed by atoms with Gasteiger partial charge in [0.25, 0.3) is 5.00 Å². The Labute approximate surface area is 131 Å². The molecule has 0 saturated heterocycles. The molecule has 6 heteroatoms. The number of rotatable bonds is 3. The number of halogens is 4. The Morgan fingerprint density at radius 2 is 1.55 bits per heavy atom. The molecule has 1 atom stereocenters. The molecule has 2 aromatic carbocycles. The van der Waals surface area contributed by atoms with Crippen LogP contribution in [0.5, 0.6) is 0 Å². The smallest absolute Gasteiger partial charge is 0.188 e. The molecule has 0 N–H and O–H groups in total. The zero-order chi connectivity index (χ0) is 16.2. The molecule has 0 aliphatic rings. The Morgan fingerprint density at radius 1 is 0.955 bits per heavy atom. The maximum atomic E-state index is 13.3. The SMILES string of the molecule is Cc1ccc(N=C=NC(Cl)(c2ccccc2)C(F)(F)F)cc1. The Bertz CT molecular complexity index is 690. The molecular weight excluding hydrogens is 313 g/mol.